The molecule has 1 atom stereocenters. The summed E-state index contributed by atoms with van der Waals surface area (Å²) in [6.45, 7) is 13.0. The van der Waals surface area contributed by atoms with Gasteiger partial charge in [-0.05, 0) is 54.0 Å². The highest BCUT2D eigenvalue weighted by Gasteiger charge is 2.23. The zero-order chi connectivity index (χ0) is 20.5. The standard InChI is InChI=1S/C18H26N4O3S2/c1-8(2)19-17(25)20-14(23)12(7)27-18-21-15-13(10(5)11(6)26-15)16(24)22(18)9(3)4/h8-9,12H,1-7H3,(H2,19,20,23,25)/t12-/m0/s1. The fourth-order valence-corrected chi connectivity index (χ4v) is 4.66. The van der Waals surface area contributed by atoms with Gasteiger partial charge in [0.25, 0.3) is 5.56 Å². The van der Waals surface area contributed by atoms with Crippen molar-refractivity contribution in [1.29, 1.82) is 0 Å². The van der Waals surface area contributed by atoms with Crippen LogP contribution >= 0.6 is 23.1 Å². The van der Waals surface area contributed by atoms with E-state index in [0.717, 1.165) is 10.4 Å². The van der Waals surface area contributed by atoms with Crippen molar-refractivity contribution in [1.82, 2.24) is 20.2 Å². The first-order chi connectivity index (χ1) is 12.5. The molecule has 0 saturated heterocycles. The first-order valence-corrected chi connectivity index (χ1v) is 10.5. The van der Waals surface area contributed by atoms with Crippen LogP contribution in [0.1, 0.15) is 51.1 Å². The van der Waals surface area contributed by atoms with Crippen molar-refractivity contribution in [3.8, 4) is 0 Å². The fourth-order valence-electron chi connectivity index (χ4n) is 2.55. The van der Waals surface area contributed by atoms with Gasteiger partial charge in [0, 0.05) is 17.0 Å². The van der Waals surface area contributed by atoms with Crippen LogP contribution in [0.15, 0.2) is 9.95 Å². The highest BCUT2D eigenvalue weighted by Crippen LogP contribution is 2.30. The second-order valence-corrected chi connectivity index (χ2v) is 9.52. The Kier molecular flexibility index (Phi) is 6.69. The third kappa shape index (κ3) is 4.70. The van der Waals surface area contributed by atoms with Crippen molar-refractivity contribution >= 4 is 45.3 Å². The van der Waals surface area contributed by atoms with Crippen LogP contribution in [0.4, 0.5) is 4.79 Å². The molecule has 0 spiro atoms. The van der Waals surface area contributed by atoms with Crippen molar-refractivity contribution in [3.63, 3.8) is 0 Å². The smallest absolute Gasteiger partial charge is 0.321 e. The number of rotatable bonds is 5. The van der Waals surface area contributed by atoms with Crippen LogP contribution in [-0.4, -0.2) is 32.8 Å². The Balaban J connectivity index is 2.35. The van der Waals surface area contributed by atoms with Gasteiger partial charge < -0.3 is 5.32 Å². The van der Waals surface area contributed by atoms with Crippen molar-refractivity contribution in [3.05, 3.63) is 20.8 Å². The molecule has 0 aliphatic carbocycles. The quantitative estimate of drug-likeness (QED) is 0.582. The molecule has 0 unspecified atom stereocenters. The molecule has 27 heavy (non-hydrogen) atoms. The molecule has 0 aromatic carbocycles. The Bertz CT molecular complexity index is 931. The molecule has 2 aromatic heterocycles. The molecule has 0 aliphatic rings. The van der Waals surface area contributed by atoms with Crippen LogP contribution in [-0.2, 0) is 4.79 Å². The number of carbonyl (C=O) groups excluding carboxylic acids is 2. The summed E-state index contributed by atoms with van der Waals surface area (Å²) < 4.78 is 1.62. The lowest BCUT2D eigenvalue weighted by molar-refractivity contribution is -0.119. The summed E-state index contributed by atoms with van der Waals surface area (Å²) in [4.78, 5) is 43.5. The molecule has 0 saturated carbocycles. The minimum Gasteiger partial charge on any atom is -0.336 e. The Labute approximate surface area is 166 Å². The van der Waals surface area contributed by atoms with E-state index in [1.807, 2.05) is 41.5 Å². The van der Waals surface area contributed by atoms with Gasteiger partial charge in [-0.25, -0.2) is 9.78 Å². The lowest BCUT2D eigenvalue weighted by atomic mass is 10.2. The van der Waals surface area contributed by atoms with E-state index in [0.29, 0.717) is 15.4 Å². The van der Waals surface area contributed by atoms with Crippen molar-refractivity contribution < 1.29 is 9.59 Å². The molecular weight excluding hydrogens is 384 g/mol. The maximum Gasteiger partial charge on any atom is 0.321 e. The van der Waals surface area contributed by atoms with Gasteiger partial charge >= 0.3 is 6.03 Å². The zero-order valence-corrected chi connectivity index (χ0v) is 18.3. The van der Waals surface area contributed by atoms with E-state index in [9.17, 15) is 14.4 Å². The van der Waals surface area contributed by atoms with E-state index < -0.39 is 17.2 Å². The van der Waals surface area contributed by atoms with Crippen molar-refractivity contribution in [2.24, 2.45) is 0 Å². The summed E-state index contributed by atoms with van der Waals surface area (Å²) in [5.41, 5.74) is 0.860. The molecule has 0 bridgehead atoms. The second-order valence-electron chi connectivity index (χ2n) is 7.00. The normalized spacial score (nSPS) is 12.6. The largest absolute Gasteiger partial charge is 0.336 e. The minimum absolute atomic E-state index is 0.0683. The van der Waals surface area contributed by atoms with Gasteiger partial charge in [0.05, 0.1) is 10.6 Å². The topological polar surface area (TPSA) is 93.1 Å². The maximum atomic E-state index is 13.0. The van der Waals surface area contributed by atoms with Crippen LogP contribution < -0.4 is 16.2 Å². The predicted molar refractivity (Wildman–Crippen MR) is 111 cm³/mol. The van der Waals surface area contributed by atoms with E-state index in [1.165, 1.54) is 23.1 Å². The highest BCUT2D eigenvalue weighted by atomic mass is 32.2. The Morgan fingerprint density at radius 1 is 1.15 bits per heavy atom. The third-order valence-corrected chi connectivity index (χ3v) is 6.19. The van der Waals surface area contributed by atoms with Crippen LogP contribution in [0.5, 0.6) is 0 Å². The van der Waals surface area contributed by atoms with Gasteiger partial charge in [0.2, 0.25) is 5.91 Å². The van der Waals surface area contributed by atoms with Crippen LogP contribution in [0.2, 0.25) is 0 Å². The lowest BCUT2D eigenvalue weighted by Crippen LogP contribution is -2.45. The molecule has 0 fully saturated rings. The van der Waals surface area contributed by atoms with Crippen molar-refractivity contribution in [2.75, 3.05) is 0 Å². The number of imide groups is 1. The summed E-state index contributed by atoms with van der Waals surface area (Å²) in [7, 11) is 0. The van der Waals surface area contributed by atoms with E-state index in [4.69, 9.17) is 0 Å². The molecule has 0 aliphatic heterocycles. The monoisotopic (exact) mass is 410 g/mol. The Hall–Kier alpha value is -1.87. The third-order valence-electron chi connectivity index (χ3n) is 4.03. The summed E-state index contributed by atoms with van der Waals surface area (Å²) in [6.07, 6.45) is 0. The molecule has 7 nitrogen and oxygen atoms in total. The molecule has 148 valence electrons. The number of fused-ring (bicyclic) bond motifs is 1. The number of urea groups is 1. The zero-order valence-electron chi connectivity index (χ0n) is 16.7. The number of aromatic nitrogens is 2. The summed E-state index contributed by atoms with van der Waals surface area (Å²) in [5.74, 6) is -0.429. The van der Waals surface area contributed by atoms with Gasteiger partial charge in [-0.15, -0.1) is 11.3 Å². The number of carbonyl (C=O) groups is 2. The van der Waals surface area contributed by atoms with Gasteiger partial charge in [0.15, 0.2) is 5.16 Å². The van der Waals surface area contributed by atoms with Gasteiger partial charge in [-0.1, -0.05) is 11.8 Å². The highest BCUT2D eigenvalue weighted by molar-refractivity contribution is 8.00. The van der Waals surface area contributed by atoms with Gasteiger partial charge in [-0.3, -0.25) is 19.5 Å². The van der Waals surface area contributed by atoms with Crippen LogP contribution in [0, 0.1) is 13.8 Å². The average Bonchev–Trinajstić information content (AvgIpc) is 2.80. The molecule has 2 rings (SSSR count). The number of thiophene rings is 1. The minimum atomic E-state index is -0.584. The number of amides is 3. The number of nitrogens with zero attached hydrogens (tertiary/aromatic N) is 2. The first kappa shape index (κ1) is 21.4. The molecule has 2 N–H and O–H groups in total. The van der Waals surface area contributed by atoms with E-state index in [1.54, 1.807) is 11.5 Å². The maximum absolute atomic E-state index is 13.0. The lowest BCUT2D eigenvalue weighted by Gasteiger charge is -2.18. The Morgan fingerprint density at radius 3 is 2.33 bits per heavy atom. The number of thioether (sulfide) groups is 1. The number of hydrogen-bond donors (Lipinski definition) is 2. The molecule has 2 aromatic rings. The van der Waals surface area contributed by atoms with E-state index >= 15 is 0 Å². The summed E-state index contributed by atoms with van der Waals surface area (Å²) in [6, 6.07) is -0.700. The molecule has 0 radical (unpaired) electrons. The van der Waals surface area contributed by atoms with E-state index in [2.05, 4.69) is 15.6 Å². The molecule has 3 amide bonds. The predicted octanol–water partition coefficient (Wildman–Crippen LogP) is 3.37. The first-order valence-electron chi connectivity index (χ1n) is 8.83. The SMILES string of the molecule is Cc1sc2nc(S[C@@H](C)C(=O)NC(=O)NC(C)C)n(C(C)C)c(=O)c2c1C. The fraction of sp³-hybridized carbons (Fsp3) is 0.556. The van der Waals surface area contributed by atoms with Crippen LogP contribution in [0.3, 0.4) is 0 Å². The van der Waals surface area contributed by atoms with Gasteiger partial charge in [-0.2, -0.15) is 0 Å². The molecule has 9 heteroatoms. The Morgan fingerprint density at radius 2 is 1.78 bits per heavy atom. The second kappa shape index (κ2) is 8.43. The van der Waals surface area contributed by atoms with E-state index in [-0.39, 0.29) is 17.6 Å². The number of nitrogens with one attached hydrogen (secondary N) is 2. The summed E-state index contributed by atoms with van der Waals surface area (Å²) in [5, 5.41) is 5.48. The number of hydrogen-bond acceptors (Lipinski definition) is 6. The molecular formula is C18H26N4O3S2. The average molecular weight is 411 g/mol. The van der Waals surface area contributed by atoms with Gasteiger partial charge in [0.1, 0.15) is 4.83 Å². The number of aryl methyl sites for hydroxylation is 2. The molecule has 2 heterocycles. The van der Waals surface area contributed by atoms with Crippen LogP contribution in [0.25, 0.3) is 10.2 Å². The summed E-state index contributed by atoms with van der Waals surface area (Å²) >= 11 is 2.66. The van der Waals surface area contributed by atoms with Crippen molar-refractivity contribution in [2.45, 2.75) is 71.0 Å².